The molecule has 2 aromatic rings. The van der Waals surface area contributed by atoms with E-state index in [1.165, 1.54) is 16.7 Å². The first-order valence-corrected chi connectivity index (χ1v) is 11.3. The van der Waals surface area contributed by atoms with E-state index in [0.717, 1.165) is 38.1 Å². The lowest BCUT2D eigenvalue weighted by atomic mass is 9.77. The van der Waals surface area contributed by atoms with Crippen LogP contribution < -0.4 is 0 Å². The van der Waals surface area contributed by atoms with Gasteiger partial charge in [-0.25, -0.2) is 5.01 Å². The predicted octanol–water partition coefficient (Wildman–Crippen LogP) is 4.14. The summed E-state index contributed by atoms with van der Waals surface area (Å²) in [5.74, 6) is 0.330. The minimum absolute atomic E-state index is 0.0239. The van der Waals surface area contributed by atoms with Crippen molar-refractivity contribution in [3.63, 3.8) is 0 Å². The Bertz CT molecular complexity index is 965. The second kappa shape index (κ2) is 9.16. The Labute approximate surface area is 184 Å². The molecule has 1 saturated heterocycles. The van der Waals surface area contributed by atoms with Crippen LogP contribution >= 0.6 is 0 Å². The second-order valence-electron chi connectivity index (χ2n) is 8.55. The summed E-state index contributed by atoms with van der Waals surface area (Å²) in [6.07, 6.45) is 5.45. The van der Waals surface area contributed by atoms with E-state index in [1.54, 1.807) is 5.01 Å². The van der Waals surface area contributed by atoms with Gasteiger partial charge in [-0.05, 0) is 42.0 Å². The first kappa shape index (κ1) is 20.2. The Morgan fingerprint density at radius 3 is 2.48 bits per heavy atom. The van der Waals surface area contributed by atoms with Crippen molar-refractivity contribution in [3.8, 4) is 0 Å². The van der Waals surface area contributed by atoms with E-state index in [9.17, 15) is 4.79 Å². The van der Waals surface area contributed by atoms with Crippen LogP contribution in [-0.4, -0.2) is 54.4 Å². The third-order valence-electron chi connectivity index (χ3n) is 6.50. The van der Waals surface area contributed by atoms with Gasteiger partial charge in [-0.2, -0.15) is 5.10 Å². The third kappa shape index (κ3) is 4.34. The lowest BCUT2D eigenvalue weighted by Gasteiger charge is -2.31. The van der Waals surface area contributed by atoms with Crippen molar-refractivity contribution in [1.82, 2.24) is 9.91 Å². The molecule has 5 rings (SSSR count). The number of carbonyl (C=O) groups excluding carboxylic acids is 1. The highest BCUT2D eigenvalue weighted by Gasteiger charge is 2.43. The van der Waals surface area contributed by atoms with Crippen LogP contribution in [0.25, 0.3) is 6.08 Å². The van der Waals surface area contributed by atoms with Crippen molar-refractivity contribution in [2.75, 3.05) is 32.8 Å². The molecule has 2 fully saturated rings. The molecular formula is C26H29N3O2. The molecule has 3 aliphatic rings. The Morgan fingerprint density at radius 2 is 1.74 bits per heavy atom. The van der Waals surface area contributed by atoms with Crippen molar-refractivity contribution < 1.29 is 9.53 Å². The van der Waals surface area contributed by atoms with Crippen LogP contribution in [-0.2, 0) is 9.53 Å². The van der Waals surface area contributed by atoms with E-state index in [2.05, 4.69) is 59.5 Å². The van der Waals surface area contributed by atoms with Gasteiger partial charge in [0, 0.05) is 19.0 Å². The van der Waals surface area contributed by atoms with Gasteiger partial charge in [0.25, 0.3) is 5.91 Å². The number of hydrogen-bond donors (Lipinski definition) is 0. The van der Waals surface area contributed by atoms with E-state index >= 15 is 0 Å². The minimum Gasteiger partial charge on any atom is -0.379 e. The molecule has 1 saturated carbocycles. The summed E-state index contributed by atoms with van der Waals surface area (Å²) in [4.78, 5) is 15.6. The van der Waals surface area contributed by atoms with Crippen molar-refractivity contribution >= 4 is 17.7 Å². The van der Waals surface area contributed by atoms with Gasteiger partial charge in [0.05, 0.1) is 31.5 Å². The molecule has 0 radical (unpaired) electrons. The molecular weight excluding hydrogens is 386 g/mol. The zero-order chi connectivity index (χ0) is 21.0. The number of amides is 1. The normalized spacial score (nSPS) is 25.4. The lowest BCUT2D eigenvalue weighted by Crippen LogP contribution is -2.44. The lowest BCUT2D eigenvalue weighted by molar-refractivity contribution is -0.135. The molecule has 0 bridgehead atoms. The molecule has 0 unspecified atom stereocenters. The topological polar surface area (TPSA) is 45.1 Å². The van der Waals surface area contributed by atoms with E-state index in [-0.39, 0.29) is 17.9 Å². The quantitative estimate of drug-likeness (QED) is 0.754. The van der Waals surface area contributed by atoms with Crippen LogP contribution in [0, 0.1) is 5.92 Å². The van der Waals surface area contributed by atoms with Gasteiger partial charge >= 0.3 is 0 Å². The highest BCUT2D eigenvalue weighted by molar-refractivity contribution is 6.08. The monoisotopic (exact) mass is 415 g/mol. The van der Waals surface area contributed by atoms with Gasteiger partial charge in [0.2, 0.25) is 0 Å². The number of fused-ring (bicyclic) bond motifs is 1. The number of carbonyl (C=O) groups is 1. The van der Waals surface area contributed by atoms with Gasteiger partial charge in [-0.15, -0.1) is 0 Å². The maximum Gasteiger partial charge on any atom is 0.257 e. The highest BCUT2D eigenvalue weighted by atomic mass is 16.5. The van der Waals surface area contributed by atoms with Crippen LogP contribution in [0.3, 0.4) is 0 Å². The van der Waals surface area contributed by atoms with Crippen LogP contribution in [0.4, 0.5) is 0 Å². The summed E-state index contributed by atoms with van der Waals surface area (Å²) in [5, 5.41) is 6.77. The fourth-order valence-corrected chi connectivity index (χ4v) is 4.96. The molecule has 5 nitrogen and oxygen atoms in total. The number of morpholine rings is 1. The van der Waals surface area contributed by atoms with Crippen LogP contribution in [0.15, 0.2) is 71.3 Å². The number of hydrazone groups is 1. The molecule has 160 valence electrons. The van der Waals surface area contributed by atoms with Crippen LogP contribution in [0.1, 0.15) is 36.4 Å². The Balaban J connectivity index is 1.47. The van der Waals surface area contributed by atoms with E-state index < -0.39 is 0 Å². The SMILES string of the molecule is O=C(CN1CCOCC1)N1N=C2/C(=C/c3ccccc3)CCC[C@@H]2[C@@H]1c1ccccc1. The summed E-state index contributed by atoms with van der Waals surface area (Å²) in [6, 6.07) is 20.8. The average Bonchev–Trinajstić information content (AvgIpc) is 3.22. The molecule has 5 heteroatoms. The van der Waals surface area contributed by atoms with Gasteiger partial charge in [-0.3, -0.25) is 9.69 Å². The van der Waals surface area contributed by atoms with Gasteiger partial charge < -0.3 is 4.74 Å². The smallest absolute Gasteiger partial charge is 0.257 e. The fourth-order valence-electron chi connectivity index (χ4n) is 4.96. The number of ether oxygens (including phenoxy) is 1. The maximum absolute atomic E-state index is 13.4. The zero-order valence-corrected chi connectivity index (χ0v) is 17.8. The van der Waals surface area contributed by atoms with E-state index in [0.29, 0.717) is 19.8 Å². The Hall–Kier alpha value is -2.76. The largest absolute Gasteiger partial charge is 0.379 e. The summed E-state index contributed by atoms with van der Waals surface area (Å²) in [6.45, 7) is 3.38. The van der Waals surface area contributed by atoms with Crippen molar-refractivity contribution in [2.24, 2.45) is 11.0 Å². The first-order chi connectivity index (χ1) is 15.3. The predicted molar refractivity (Wildman–Crippen MR) is 122 cm³/mol. The van der Waals surface area contributed by atoms with Gasteiger partial charge in [-0.1, -0.05) is 60.7 Å². The summed E-state index contributed by atoms with van der Waals surface area (Å²) >= 11 is 0. The minimum atomic E-state index is -0.0239. The third-order valence-corrected chi connectivity index (χ3v) is 6.50. The fraction of sp³-hybridized carbons (Fsp3) is 0.385. The first-order valence-electron chi connectivity index (χ1n) is 11.3. The number of rotatable bonds is 4. The molecule has 31 heavy (non-hydrogen) atoms. The maximum atomic E-state index is 13.4. The molecule has 1 aliphatic carbocycles. The molecule has 0 aromatic heterocycles. The molecule has 2 aliphatic heterocycles. The van der Waals surface area contributed by atoms with Gasteiger partial charge in [0.15, 0.2) is 0 Å². The summed E-state index contributed by atoms with van der Waals surface area (Å²) in [7, 11) is 0. The molecule has 2 heterocycles. The highest BCUT2D eigenvalue weighted by Crippen LogP contribution is 2.44. The van der Waals surface area contributed by atoms with Crippen molar-refractivity contribution in [3.05, 3.63) is 77.4 Å². The van der Waals surface area contributed by atoms with E-state index in [1.807, 2.05) is 12.1 Å². The Morgan fingerprint density at radius 1 is 1.03 bits per heavy atom. The zero-order valence-electron chi connectivity index (χ0n) is 17.8. The van der Waals surface area contributed by atoms with Crippen LogP contribution in [0.5, 0.6) is 0 Å². The number of nitrogens with zero attached hydrogens (tertiary/aromatic N) is 3. The summed E-state index contributed by atoms with van der Waals surface area (Å²) in [5.41, 5.74) is 4.72. The average molecular weight is 416 g/mol. The van der Waals surface area contributed by atoms with Crippen LogP contribution in [0.2, 0.25) is 0 Å². The number of benzene rings is 2. The Kier molecular flexibility index (Phi) is 5.96. The standard InChI is InChI=1S/C26H29N3O2/c30-24(19-28-14-16-31-17-15-28)29-26(21-10-5-2-6-11-21)23-13-7-12-22(25(23)27-29)18-20-8-3-1-4-9-20/h1-6,8-11,18,23,26H,7,12-17,19H2/b22-18+/t23-,26-/m0/s1. The second-order valence-corrected chi connectivity index (χ2v) is 8.55. The molecule has 1 amide bonds. The molecule has 2 aromatic carbocycles. The summed E-state index contributed by atoms with van der Waals surface area (Å²) < 4.78 is 5.44. The molecule has 0 spiro atoms. The number of allylic oxidation sites excluding steroid dienone is 1. The molecule has 2 atom stereocenters. The van der Waals surface area contributed by atoms with Gasteiger partial charge in [0.1, 0.15) is 0 Å². The number of hydrogen-bond acceptors (Lipinski definition) is 4. The van der Waals surface area contributed by atoms with Crippen molar-refractivity contribution in [1.29, 1.82) is 0 Å². The van der Waals surface area contributed by atoms with E-state index in [4.69, 9.17) is 9.84 Å². The van der Waals surface area contributed by atoms with Crippen molar-refractivity contribution in [2.45, 2.75) is 25.3 Å². The molecule has 0 N–H and O–H groups in total.